The lowest BCUT2D eigenvalue weighted by Gasteiger charge is -2.19. The lowest BCUT2D eigenvalue weighted by atomic mass is 9.86. The van der Waals surface area contributed by atoms with Gasteiger partial charge in [-0.25, -0.2) is 0 Å². The largest absolute Gasteiger partial charge is 0.497 e. The van der Waals surface area contributed by atoms with E-state index < -0.39 is 0 Å². The highest BCUT2D eigenvalue weighted by molar-refractivity contribution is 5.50. The third-order valence-electron chi connectivity index (χ3n) is 4.11. The van der Waals surface area contributed by atoms with Crippen LogP contribution in [0.3, 0.4) is 0 Å². The minimum Gasteiger partial charge on any atom is -0.497 e. The fourth-order valence-electron chi connectivity index (χ4n) is 2.57. The van der Waals surface area contributed by atoms with Gasteiger partial charge < -0.3 is 4.74 Å². The molecule has 122 valence electrons. The number of benzene rings is 2. The summed E-state index contributed by atoms with van der Waals surface area (Å²) in [5, 5.41) is 0. The van der Waals surface area contributed by atoms with Crippen LogP contribution in [-0.2, 0) is 11.8 Å². The highest BCUT2D eigenvalue weighted by Gasteiger charge is 2.12. The highest BCUT2D eigenvalue weighted by Crippen LogP contribution is 2.23. The summed E-state index contributed by atoms with van der Waals surface area (Å²) in [7, 11) is 1.69. The van der Waals surface area contributed by atoms with Gasteiger partial charge in [0.15, 0.2) is 0 Å². The molecule has 0 saturated heterocycles. The molecule has 0 spiro atoms. The van der Waals surface area contributed by atoms with Crippen LogP contribution in [0.5, 0.6) is 5.75 Å². The maximum Gasteiger partial charge on any atom is 0.118 e. The fraction of sp³-hybridized carbons (Fsp3) is 0.364. The Kier molecular flexibility index (Phi) is 5.65. The second-order valence-electron chi connectivity index (χ2n) is 7.26. The van der Waals surface area contributed by atoms with Crippen molar-refractivity contribution in [1.29, 1.82) is 0 Å². The van der Waals surface area contributed by atoms with Gasteiger partial charge in [-0.15, -0.1) is 0 Å². The van der Waals surface area contributed by atoms with Gasteiger partial charge in [-0.1, -0.05) is 76.2 Å². The Morgan fingerprint density at radius 2 is 1.57 bits per heavy atom. The van der Waals surface area contributed by atoms with E-state index in [-0.39, 0.29) is 5.41 Å². The number of ether oxygens (including phenoxy) is 1. The molecule has 0 bridgehead atoms. The molecular formula is C22H28O. The summed E-state index contributed by atoms with van der Waals surface area (Å²) in [6.45, 7) is 9.02. The van der Waals surface area contributed by atoms with Crippen molar-refractivity contribution in [3.63, 3.8) is 0 Å². The van der Waals surface area contributed by atoms with E-state index in [0.717, 1.165) is 12.2 Å². The van der Waals surface area contributed by atoms with E-state index in [1.54, 1.807) is 7.11 Å². The highest BCUT2D eigenvalue weighted by atomic mass is 16.5. The number of hydrogen-bond donors (Lipinski definition) is 0. The van der Waals surface area contributed by atoms with Crippen LogP contribution in [-0.4, -0.2) is 7.11 Å². The summed E-state index contributed by atoms with van der Waals surface area (Å²) in [5.74, 6) is 1.41. The van der Waals surface area contributed by atoms with Crippen molar-refractivity contribution in [1.82, 2.24) is 0 Å². The number of hydrogen-bond acceptors (Lipinski definition) is 1. The Morgan fingerprint density at radius 3 is 2.09 bits per heavy atom. The second kappa shape index (κ2) is 7.50. The molecule has 0 N–H and O–H groups in total. The molecule has 0 aliphatic carbocycles. The molecule has 2 aromatic carbocycles. The van der Waals surface area contributed by atoms with Gasteiger partial charge in [0.05, 0.1) is 7.11 Å². The third kappa shape index (κ3) is 5.28. The van der Waals surface area contributed by atoms with Gasteiger partial charge >= 0.3 is 0 Å². The Balaban J connectivity index is 1.95. The van der Waals surface area contributed by atoms with Crippen molar-refractivity contribution in [3.8, 4) is 5.75 Å². The maximum absolute atomic E-state index is 5.18. The van der Waals surface area contributed by atoms with Crippen LogP contribution in [0.1, 0.15) is 44.4 Å². The number of rotatable bonds is 5. The predicted octanol–water partition coefficient (Wildman–Crippen LogP) is 5.88. The topological polar surface area (TPSA) is 9.23 Å². The SMILES string of the molecule is COc1ccc(C=CC(C)Cc2ccc(C(C)(C)C)cc2)cc1. The van der Waals surface area contributed by atoms with Gasteiger partial charge in [0.25, 0.3) is 0 Å². The number of methoxy groups -OCH3 is 1. The lowest BCUT2D eigenvalue weighted by molar-refractivity contribution is 0.415. The first-order valence-corrected chi connectivity index (χ1v) is 8.30. The third-order valence-corrected chi connectivity index (χ3v) is 4.11. The molecule has 0 aliphatic rings. The van der Waals surface area contributed by atoms with Gasteiger partial charge in [0.2, 0.25) is 0 Å². The average Bonchev–Trinajstić information content (AvgIpc) is 2.53. The molecule has 0 radical (unpaired) electrons. The monoisotopic (exact) mass is 308 g/mol. The molecule has 2 aromatic rings. The number of allylic oxidation sites excluding steroid dienone is 1. The van der Waals surface area contributed by atoms with E-state index in [4.69, 9.17) is 4.74 Å². The standard InChI is InChI=1S/C22H28O/c1-17(6-7-18-10-14-21(23-5)15-11-18)16-19-8-12-20(13-9-19)22(2,3)4/h6-15,17H,16H2,1-5H3. The van der Waals surface area contributed by atoms with Gasteiger partial charge in [-0.05, 0) is 46.6 Å². The van der Waals surface area contributed by atoms with Gasteiger partial charge in [0.1, 0.15) is 5.75 Å². The molecule has 0 aromatic heterocycles. The molecule has 23 heavy (non-hydrogen) atoms. The minimum absolute atomic E-state index is 0.221. The summed E-state index contributed by atoms with van der Waals surface area (Å²) < 4.78 is 5.18. The van der Waals surface area contributed by atoms with Crippen LogP contribution in [0.4, 0.5) is 0 Å². The van der Waals surface area contributed by atoms with Crippen molar-refractivity contribution in [2.45, 2.75) is 39.5 Å². The molecule has 1 nitrogen and oxygen atoms in total. The smallest absolute Gasteiger partial charge is 0.118 e. The molecule has 0 heterocycles. The Morgan fingerprint density at radius 1 is 0.957 bits per heavy atom. The summed E-state index contributed by atoms with van der Waals surface area (Å²) in [6.07, 6.45) is 5.53. The first-order chi connectivity index (χ1) is 10.9. The zero-order valence-corrected chi connectivity index (χ0v) is 15.0. The van der Waals surface area contributed by atoms with Crippen LogP contribution >= 0.6 is 0 Å². The maximum atomic E-state index is 5.18. The molecule has 0 saturated carbocycles. The van der Waals surface area contributed by atoms with Crippen molar-refractivity contribution >= 4 is 6.08 Å². The van der Waals surface area contributed by atoms with Crippen LogP contribution in [0, 0.1) is 5.92 Å². The molecule has 1 unspecified atom stereocenters. The van der Waals surface area contributed by atoms with Gasteiger partial charge in [-0.3, -0.25) is 0 Å². The van der Waals surface area contributed by atoms with Gasteiger partial charge in [-0.2, -0.15) is 0 Å². The van der Waals surface area contributed by atoms with E-state index in [2.05, 4.69) is 76.2 Å². The zero-order valence-electron chi connectivity index (χ0n) is 15.0. The van der Waals surface area contributed by atoms with Crippen molar-refractivity contribution < 1.29 is 4.74 Å². The molecule has 0 fully saturated rings. The Bertz CT molecular complexity index is 627. The van der Waals surface area contributed by atoms with Crippen LogP contribution in [0.25, 0.3) is 6.08 Å². The predicted molar refractivity (Wildman–Crippen MR) is 100 cm³/mol. The van der Waals surface area contributed by atoms with Gasteiger partial charge in [0, 0.05) is 0 Å². The summed E-state index contributed by atoms with van der Waals surface area (Å²) >= 11 is 0. The summed E-state index contributed by atoms with van der Waals surface area (Å²) in [6, 6.07) is 17.2. The van der Waals surface area contributed by atoms with Crippen molar-refractivity contribution in [3.05, 3.63) is 71.3 Å². The first kappa shape index (κ1) is 17.3. The van der Waals surface area contributed by atoms with E-state index in [1.807, 2.05) is 12.1 Å². The summed E-state index contributed by atoms with van der Waals surface area (Å²) in [4.78, 5) is 0. The zero-order chi connectivity index (χ0) is 16.9. The molecule has 2 rings (SSSR count). The molecule has 1 atom stereocenters. The van der Waals surface area contributed by atoms with E-state index in [1.165, 1.54) is 16.7 Å². The first-order valence-electron chi connectivity index (χ1n) is 8.30. The van der Waals surface area contributed by atoms with Crippen molar-refractivity contribution in [2.75, 3.05) is 7.11 Å². The van der Waals surface area contributed by atoms with Crippen LogP contribution in [0.15, 0.2) is 54.6 Å². The second-order valence-corrected chi connectivity index (χ2v) is 7.26. The Hall–Kier alpha value is -2.02. The van der Waals surface area contributed by atoms with Crippen LogP contribution < -0.4 is 4.74 Å². The lowest BCUT2D eigenvalue weighted by Crippen LogP contribution is -2.10. The molecule has 0 aliphatic heterocycles. The minimum atomic E-state index is 0.221. The van der Waals surface area contributed by atoms with Crippen LogP contribution in [0.2, 0.25) is 0 Å². The quantitative estimate of drug-likeness (QED) is 0.669. The molecular weight excluding hydrogens is 280 g/mol. The molecule has 1 heteroatoms. The van der Waals surface area contributed by atoms with E-state index in [0.29, 0.717) is 5.92 Å². The normalized spacial score (nSPS) is 13.3. The van der Waals surface area contributed by atoms with E-state index in [9.17, 15) is 0 Å². The Labute approximate surface area is 141 Å². The average molecular weight is 308 g/mol. The molecule has 0 amide bonds. The fourth-order valence-corrected chi connectivity index (χ4v) is 2.57. The van der Waals surface area contributed by atoms with Crippen molar-refractivity contribution in [2.24, 2.45) is 5.92 Å². The summed E-state index contributed by atoms with van der Waals surface area (Å²) in [5.41, 5.74) is 4.21. The van der Waals surface area contributed by atoms with E-state index >= 15 is 0 Å².